The van der Waals surface area contributed by atoms with Gasteiger partial charge in [0.05, 0.1) is 11.2 Å². The van der Waals surface area contributed by atoms with Crippen molar-refractivity contribution < 1.29 is 18.9 Å². The third kappa shape index (κ3) is 3.32. The van der Waals surface area contributed by atoms with Crippen LogP contribution in [0.3, 0.4) is 0 Å². The van der Waals surface area contributed by atoms with Gasteiger partial charge in [0.25, 0.3) is 5.91 Å². The maximum Gasteiger partial charge on any atom is 0.494 e. The molecule has 130 valence electrons. The van der Waals surface area contributed by atoms with Crippen molar-refractivity contribution in [1.82, 2.24) is 5.32 Å². The lowest BCUT2D eigenvalue weighted by molar-refractivity contribution is -0.114. The van der Waals surface area contributed by atoms with Crippen molar-refractivity contribution in [2.24, 2.45) is 5.16 Å². The molecule has 0 bridgehead atoms. The Morgan fingerprint density at radius 3 is 2.29 bits per heavy atom. The van der Waals surface area contributed by atoms with Gasteiger partial charge in [-0.1, -0.05) is 23.4 Å². The summed E-state index contributed by atoms with van der Waals surface area (Å²) in [6.07, 6.45) is 0. The van der Waals surface area contributed by atoms with Crippen molar-refractivity contribution in [2.45, 2.75) is 45.8 Å². The number of amides is 1. The first kappa shape index (κ1) is 18.5. The van der Waals surface area contributed by atoms with Crippen molar-refractivity contribution >= 4 is 24.2 Å². The molecule has 1 heterocycles. The van der Waals surface area contributed by atoms with Crippen LogP contribution in [0.1, 0.15) is 38.8 Å². The van der Waals surface area contributed by atoms with E-state index in [-0.39, 0.29) is 11.6 Å². The number of nitrogens with one attached hydrogen (secondary N) is 1. The Labute approximate surface area is 143 Å². The highest BCUT2D eigenvalue weighted by molar-refractivity contribution is 6.62. The Morgan fingerprint density at radius 1 is 1.21 bits per heavy atom. The molecular weight excluding hydrogens is 307 g/mol. The van der Waals surface area contributed by atoms with Gasteiger partial charge >= 0.3 is 7.12 Å². The monoisotopic (exact) mass is 332 g/mol. The highest BCUT2D eigenvalue weighted by Crippen LogP contribution is 2.36. The molecule has 2 rings (SSSR count). The van der Waals surface area contributed by atoms with E-state index in [9.17, 15) is 4.79 Å². The van der Waals surface area contributed by atoms with Crippen LogP contribution in [-0.2, 0) is 18.9 Å². The summed E-state index contributed by atoms with van der Waals surface area (Å²) in [4.78, 5) is 16.9. The number of nitrogens with zero attached hydrogens (tertiary/aromatic N) is 1. The van der Waals surface area contributed by atoms with Gasteiger partial charge in [-0.25, -0.2) is 0 Å². The maximum absolute atomic E-state index is 12.1. The van der Waals surface area contributed by atoms with Gasteiger partial charge in [-0.3, -0.25) is 4.79 Å². The molecule has 1 saturated heterocycles. The highest BCUT2D eigenvalue weighted by atomic mass is 16.7. The highest BCUT2D eigenvalue weighted by Gasteiger charge is 2.51. The molecule has 0 aromatic heterocycles. The van der Waals surface area contributed by atoms with Crippen LogP contribution in [0.25, 0.3) is 0 Å². The normalized spacial score (nSPS) is 19.3. The van der Waals surface area contributed by atoms with Gasteiger partial charge in [-0.2, -0.15) is 0 Å². The number of carbonyl (C=O) groups excluding carboxylic acids is 1. The van der Waals surface area contributed by atoms with Crippen molar-refractivity contribution in [3.8, 4) is 0 Å². The molecule has 1 aromatic rings. The second-order valence-corrected chi connectivity index (χ2v) is 6.86. The number of rotatable bonds is 4. The second kappa shape index (κ2) is 6.57. The zero-order valence-corrected chi connectivity index (χ0v) is 15.4. The Bertz CT molecular complexity index is 655. The molecule has 0 aliphatic carbocycles. The van der Waals surface area contributed by atoms with Gasteiger partial charge in [0.1, 0.15) is 7.11 Å². The number of benzene rings is 1. The standard InChI is InChI=1S/C17H25BN2O4/c1-11-8-9-12(18-23-16(2,3)17(4,5)24-18)10-13(11)14(20-22-7)15(21)19-6/h8-10H,1-7H3,(H,19,21)/b20-14+. The van der Waals surface area contributed by atoms with Crippen LogP contribution >= 0.6 is 0 Å². The van der Waals surface area contributed by atoms with Gasteiger partial charge in [0, 0.05) is 12.6 Å². The molecule has 0 saturated carbocycles. The average Bonchev–Trinajstić information content (AvgIpc) is 2.73. The van der Waals surface area contributed by atoms with Crippen LogP contribution in [0.15, 0.2) is 23.4 Å². The number of hydrogen-bond acceptors (Lipinski definition) is 5. The van der Waals surface area contributed by atoms with E-state index in [2.05, 4.69) is 10.5 Å². The Kier molecular flexibility index (Phi) is 5.06. The van der Waals surface area contributed by atoms with Crippen LogP contribution in [0, 0.1) is 6.92 Å². The number of oxime groups is 1. The Balaban J connectivity index is 2.43. The molecule has 1 aliphatic heterocycles. The molecule has 0 spiro atoms. The minimum absolute atomic E-state index is 0.218. The molecule has 1 aliphatic rings. The van der Waals surface area contributed by atoms with Crippen molar-refractivity contribution in [2.75, 3.05) is 14.2 Å². The SMILES string of the molecule is CNC(=O)/C(=N/OC)c1cc(B2OC(C)(C)C(C)(C)O2)ccc1C. The predicted octanol–water partition coefficient (Wildman–Crippen LogP) is 1.39. The summed E-state index contributed by atoms with van der Waals surface area (Å²) < 4.78 is 12.2. The number of hydrogen-bond donors (Lipinski definition) is 1. The summed E-state index contributed by atoms with van der Waals surface area (Å²) in [5.74, 6) is -0.314. The second-order valence-electron chi connectivity index (χ2n) is 6.86. The van der Waals surface area contributed by atoms with E-state index in [1.807, 2.05) is 52.8 Å². The lowest BCUT2D eigenvalue weighted by Gasteiger charge is -2.32. The zero-order chi connectivity index (χ0) is 18.1. The molecule has 7 heteroatoms. The first-order valence-electron chi connectivity index (χ1n) is 7.92. The molecule has 1 amide bonds. The van der Waals surface area contributed by atoms with Crippen LogP contribution in [0.5, 0.6) is 0 Å². The fourth-order valence-electron chi connectivity index (χ4n) is 2.44. The molecule has 1 N–H and O–H groups in total. The maximum atomic E-state index is 12.1. The summed E-state index contributed by atoms with van der Waals surface area (Å²) in [6, 6.07) is 5.73. The van der Waals surface area contributed by atoms with E-state index < -0.39 is 18.3 Å². The molecule has 0 atom stereocenters. The van der Waals surface area contributed by atoms with Crippen LogP contribution < -0.4 is 10.8 Å². The van der Waals surface area contributed by atoms with Crippen LogP contribution in [-0.4, -0.2) is 44.1 Å². The predicted molar refractivity (Wildman–Crippen MR) is 94.5 cm³/mol. The Hall–Kier alpha value is -1.86. The van der Waals surface area contributed by atoms with Crippen LogP contribution in [0.4, 0.5) is 0 Å². The minimum Gasteiger partial charge on any atom is -0.399 e. The summed E-state index contributed by atoms with van der Waals surface area (Å²) in [6.45, 7) is 9.93. The molecule has 0 unspecified atom stereocenters. The zero-order valence-electron chi connectivity index (χ0n) is 15.4. The van der Waals surface area contributed by atoms with E-state index in [0.717, 1.165) is 11.0 Å². The topological polar surface area (TPSA) is 69.2 Å². The van der Waals surface area contributed by atoms with E-state index in [1.54, 1.807) is 7.05 Å². The van der Waals surface area contributed by atoms with Crippen molar-refractivity contribution in [3.05, 3.63) is 29.3 Å². The molecule has 24 heavy (non-hydrogen) atoms. The van der Waals surface area contributed by atoms with Crippen molar-refractivity contribution in [1.29, 1.82) is 0 Å². The van der Waals surface area contributed by atoms with E-state index in [4.69, 9.17) is 14.1 Å². The smallest absolute Gasteiger partial charge is 0.399 e. The quantitative estimate of drug-likeness (QED) is 0.514. The summed E-state index contributed by atoms with van der Waals surface area (Å²) >= 11 is 0. The largest absolute Gasteiger partial charge is 0.494 e. The first-order valence-corrected chi connectivity index (χ1v) is 7.92. The first-order chi connectivity index (χ1) is 11.1. The fraction of sp³-hybridized carbons (Fsp3) is 0.529. The molecule has 1 fully saturated rings. The average molecular weight is 332 g/mol. The number of aryl methyl sites for hydroxylation is 1. The number of carbonyl (C=O) groups is 1. The molecule has 1 aromatic carbocycles. The summed E-state index contributed by atoms with van der Waals surface area (Å²) in [7, 11) is 2.47. The van der Waals surface area contributed by atoms with Gasteiger partial charge in [0.15, 0.2) is 5.71 Å². The number of likely N-dealkylation sites (N-methyl/N-ethyl adjacent to an activating group) is 1. The summed E-state index contributed by atoms with van der Waals surface area (Å²) in [5, 5.41) is 6.45. The minimum atomic E-state index is -0.497. The van der Waals surface area contributed by atoms with Gasteiger partial charge < -0.3 is 19.5 Å². The Morgan fingerprint density at radius 2 is 1.79 bits per heavy atom. The third-order valence-electron chi connectivity index (χ3n) is 4.67. The fourth-order valence-corrected chi connectivity index (χ4v) is 2.44. The van der Waals surface area contributed by atoms with E-state index in [1.165, 1.54) is 7.11 Å². The third-order valence-corrected chi connectivity index (χ3v) is 4.67. The van der Waals surface area contributed by atoms with Gasteiger partial charge in [-0.15, -0.1) is 0 Å². The van der Waals surface area contributed by atoms with Gasteiger partial charge in [0.2, 0.25) is 0 Å². The summed E-state index contributed by atoms with van der Waals surface area (Å²) in [5.41, 5.74) is 1.80. The molecule has 0 radical (unpaired) electrons. The lowest BCUT2D eigenvalue weighted by atomic mass is 9.77. The van der Waals surface area contributed by atoms with Gasteiger partial charge in [-0.05, 0) is 45.6 Å². The molecule has 6 nitrogen and oxygen atoms in total. The van der Waals surface area contributed by atoms with Crippen LogP contribution in [0.2, 0.25) is 0 Å². The molecular formula is C17H25BN2O4. The van der Waals surface area contributed by atoms with E-state index in [0.29, 0.717) is 5.56 Å². The van der Waals surface area contributed by atoms with Crippen molar-refractivity contribution in [3.63, 3.8) is 0 Å². The van der Waals surface area contributed by atoms with E-state index >= 15 is 0 Å². The lowest BCUT2D eigenvalue weighted by Crippen LogP contribution is -2.41.